The van der Waals surface area contributed by atoms with E-state index in [2.05, 4.69) is 0 Å². The van der Waals surface area contributed by atoms with E-state index in [1.54, 1.807) is 48.5 Å². The number of anilines is 2. The molecule has 0 bridgehead atoms. The van der Waals surface area contributed by atoms with Crippen LogP contribution in [0.1, 0.15) is 0 Å². The van der Waals surface area contributed by atoms with Gasteiger partial charge in [-0.05, 0) is 24.3 Å². The van der Waals surface area contributed by atoms with E-state index < -0.39 is 6.03 Å². The monoisotopic (exact) mass is 230 g/mol. The van der Waals surface area contributed by atoms with Crippen LogP contribution >= 0.6 is 0 Å². The Kier molecular flexibility index (Phi) is 3.35. The normalized spacial score (nSPS) is 9.71. The molecule has 2 aromatic carbocycles. The van der Waals surface area contributed by atoms with Crippen molar-refractivity contribution in [2.45, 2.75) is 0 Å². The quantitative estimate of drug-likeness (QED) is 0.788. The molecule has 17 heavy (non-hydrogen) atoms. The number of amides is 2. The summed E-state index contributed by atoms with van der Waals surface area (Å²) in [7, 11) is 0. The molecule has 3 nitrogen and oxygen atoms in total. The van der Waals surface area contributed by atoms with Crippen molar-refractivity contribution in [3.63, 3.8) is 0 Å². The van der Waals surface area contributed by atoms with E-state index in [9.17, 15) is 9.28 Å². The van der Waals surface area contributed by atoms with Gasteiger partial charge < -0.3 is 0 Å². The van der Waals surface area contributed by atoms with Gasteiger partial charge in [0, 0.05) is 0 Å². The third-order valence-corrected chi connectivity index (χ3v) is 2.31. The third-order valence-electron chi connectivity index (χ3n) is 2.31. The van der Waals surface area contributed by atoms with Gasteiger partial charge in [-0.15, -0.1) is 0 Å². The van der Waals surface area contributed by atoms with E-state index in [-0.39, 0.29) is 0 Å². The van der Waals surface area contributed by atoms with Crippen molar-refractivity contribution in [3.8, 4) is 0 Å². The van der Waals surface area contributed by atoms with Gasteiger partial charge in [-0.1, -0.05) is 40.9 Å². The minimum Gasteiger partial charge on any atom is -0.261 e. The van der Waals surface area contributed by atoms with Gasteiger partial charge in [0.25, 0.3) is 0 Å². The van der Waals surface area contributed by atoms with Crippen molar-refractivity contribution in [2.75, 3.05) is 4.90 Å². The van der Waals surface area contributed by atoms with Crippen molar-refractivity contribution < 1.29 is 9.28 Å². The van der Waals surface area contributed by atoms with Gasteiger partial charge in [0.1, 0.15) is 0 Å². The van der Waals surface area contributed by atoms with Crippen molar-refractivity contribution in [1.82, 2.24) is 5.54 Å². The summed E-state index contributed by atoms with van der Waals surface area (Å²) in [4.78, 5) is 12.8. The zero-order valence-electron chi connectivity index (χ0n) is 9.01. The number of carbonyl (C=O) groups excluding carboxylic acids is 1. The van der Waals surface area contributed by atoms with Crippen molar-refractivity contribution in [1.29, 1.82) is 0 Å². The second-order valence-electron chi connectivity index (χ2n) is 3.41. The Labute approximate surface area is 98.4 Å². The summed E-state index contributed by atoms with van der Waals surface area (Å²) in [6.45, 7) is 0. The van der Waals surface area contributed by atoms with Crippen LogP contribution in [0, 0.1) is 0 Å². The molecule has 86 valence electrons. The molecule has 0 spiro atoms. The highest BCUT2D eigenvalue weighted by atomic mass is 19.2. The molecule has 0 fully saturated rings. The number of para-hydroxylation sites is 2. The molecule has 0 aliphatic carbocycles. The molecular weight excluding hydrogens is 219 g/mol. The fourth-order valence-electron chi connectivity index (χ4n) is 1.58. The molecule has 0 saturated carbocycles. The van der Waals surface area contributed by atoms with E-state index in [0.717, 1.165) is 5.54 Å². The fourth-order valence-corrected chi connectivity index (χ4v) is 1.58. The van der Waals surface area contributed by atoms with Gasteiger partial charge in [0.2, 0.25) is 0 Å². The second-order valence-corrected chi connectivity index (χ2v) is 3.41. The molecule has 2 aromatic rings. The van der Waals surface area contributed by atoms with Crippen LogP contribution in [-0.2, 0) is 0 Å². The smallest absolute Gasteiger partial charge is 0.261 e. The number of halogens is 1. The summed E-state index contributed by atoms with van der Waals surface area (Å²) in [5.41, 5.74) is 2.36. The minimum absolute atomic E-state index is 0.605. The van der Waals surface area contributed by atoms with Gasteiger partial charge in [-0.25, -0.2) is 4.79 Å². The predicted molar refractivity (Wildman–Crippen MR) is 64.7 cm³/mol. The first kappa shape index (κ1) is 11.1. The molecular formula is C13H11FN2O. The van der Waals surface area contributed by atoms with E-state index in [0.29, 0.717) is 11.4 Å². The van der Waals surface area contributed by atoms with Crippen LogP contribution in [0.15, 0.2) is 60.7 Å². The molecule has 2 rings (SSSR count). The van der Waals surface area contributed by atoms with Gasteiger partial charge in [-0.3, -0.25) is 4.90 Å². The average Bonchev–Trinajstić information content (AvgIpc) is 2.41. The number of nitrogens with zero attached hydrogens (tertiary/aromatic N) is 1. The molecule has 0 radical (unpaired) electrons. The number of nitrogens with one attached hydrogen (secondary N) is 1. The zero-order chi connectivity index (χ0) is 12.1. The Bertz CT molecular complexity index is 448. The lowest BCUT2D eigenvalue weighted by Gasteiger charge is -2.21. The van der Waals surface area contributed by atoms with Crippen molar-refractivity contribution in [3.05, 3.63) is 60.7 Å². The predicted octanol–water partition coefficient (Wildman–Crippen LogP) is 3.42. The highest BCUT2D eigenvalue weighted by Gasteiger charge is 2.16. The minimum atomic E-state index is -0.817. The van der Waals surface area contributed by atoms with Crippen LogP contribution in [0.4, 0.5) is 20.7 Å². The fraction of sp³-hybridized carbons (Fsp3) is 0. The van der Waals surface area contributed by atoms with Crippen LogP contribution in [0.2, 0.25) is 0 Å². The average molecular weight is 230 g/mol. The van der Waals surface area contributed by atoms with E-state index in [1.165, 1.54) is 4.90 Å². The van der Waals surface area contributed by atoms with Gasteiger partial charge in [0.05, 0.1) is 11.4 Å². The van der Waals surface area contributed by atoms with Crippen molar-refractivity contribution in [2.24, 2.45) is 0 Å². The summed E-state index contributed by atoms with van der Waals surface area (Å²) in [5, 5.41) is 0. The Balaban J connectivity index is 2.43. The van der Waals surface area contributed by atoms with Crippen LogP contribution < -0.4 is 10.4 Å². The lowest BCUT2D eigenvalue weighted by atomic mass is 10.2. The summed E-state index contributed by atoms with van der Waals surface area (Å²) < 4.78 is 12.4. The van der Waals surface area contributed by atoms with Crippen LogP contribution in [0.25, 0.3) is 0 Å². The maximum atomic E-state index is 12.4. The Morgan fingerprint density at radius 3 is 1.65 bits per heavy atom. The Morgan fingerprint density at radius 2 is 1.29 bits per heavy atom. The number of urea groups is 1. The lowest BCUT2D eigenvalue weighted by molar-refractivity contribution is 0.226. The second kappa shape index (κ2) is 5.12. The topological polar surface area (TPSA) is 32.3 Å². The summed E-state index contributed by atoms with van der Waals surface area (Å²) in [6, 6.07) is 17.0. The van der Waals surface area contributed by atoms with Crippen LogP contribution in [0.5, 0.6) is 0 Å². The summed E-state index contributed by atoms with van der Waals surface area (Å²) >= 11 is 0. The number of hydrogen-bond donors (Lipinski definition) is 1. The standard InChI is InChI=1S/C13H11FN2O/c14-15-13(17)16(11-7-3-1-4-8-11)12-9-5-2-6-10-12/h1-10H,(H,15,17). The van der Waals surface area contributed by atoms with E-state index in [1.807, 2.05) is 12.1 Å². The molecule has 0 saturated heterocycles. The maximum absolute atomic E-state index is 12.4. The first-order valence-electron chi connectivity index (χ1n) is 5.14. The molecule has 2 amide bonds. The first-order chi connectivity index (χ1) is 8.33. The highest BCUT2D eigenvalue weighted by molar-refractivity contribution is 5.98. The summed E-state index contributed by atoms with van der Waals surface area (Å²) in [6.07, 6.45) is 0. The van der Waals surface area contributed by atoms with Gasteiger partial charge in [-0.2, -0.15) is 5.54 Å². The van der Waals surface area contributed by atoms with Crippen LogP contribution in [0.3, 0.4) is 0 Å². The highest BCUT2D eigenvalue weighted by Crippen LogP contribution is 2.24. The van der Waals surface area contributed by atoms with Crippen LogP contribution in [-0.4, -0.2) is 6.03 Å². The van der Waals surface area contributed by atoms with Crippen molar-refractivity contribution >= 4 is 17.4 Å². The van der Waals surface area contributed by atoms with Gasteiger partial charge >= 0.3 is 6.03 Å². The number of rotatable bonds is 2. The first-order valence-corrected chi connectivity index (χ1v) is 5.14. The maximum Gasteiger partial charge on any atom is 0.354 e. The van der Waals surface area contributed by atoms with E-state index in [4.69, 9.17) is 0 Å². The molecule has 0 atom stereocenters. The molecule has 0 aliphatic rings. The molecule has 0 aliphatic heterocycles. The zero-order valence-corrected chi connectivity index (χ0v) is 9.01. The van der Waals surface area contributed by atoms with Gasteiger partial charge in [0.15, 0.2) is 0 Å². The molecule has 4 heteroatoms. The third kappa shape index (κ3) is 2.42. The summed E-state index contributed by atoms with van der Waals surface area (Å²) in [5.74, 6) is 0. The van der Waals surface area contributed by atoms with E-state index >= 15 is 0 Å². The molecule has 0 aromatic heterocycles. The molecule has 0 heterocycles. The molecule has 0 unspecified atom stereocenters. The largest absolute Gasteiger partial charge is 0.354 e. The number of hydrogen-bond acceptors (Lipinski definition) is 1. The molecule has 1 N–H and O–H groups in total. The number of carbonyl (C=O) groups is 1. The Morgan fingerprint density at radius 1 is 0.882 bits per heavy atom. The lowest BCUT2D eigenvalue weighted by Crippen LogP contribution is -2.32. The SMILES string of the molecule is O=C(NF)N(c1ccccc1)c1ccccc1. The Hall–Kier alpha value is -2.36. The number of benzene rings is 2.